The molecule has 3 heterocycles. The van der Waals surface area contributed by atoms with Crippen LogP contribution in [-0.4, -0.2) is 40.1 Å². The van der Waals surface area contributed by atoms with Crippen LogP contribution in [0.15, 0.2) is 67.3 Å². The predicted octanol–water partition coefficient (Wildman–Crippen LogP) is 4.56. The highest BCUT2D eigenvalue weighted by Crippen LogP contribution is 2.43. The minimum atomic E-state index is 0.0999. The van der Waals surface area contributed by atoms with Crippen molar-refractivity contribution in [2.45, 2.75) is 13.0 Å². The van der Waals surface area contributed by atoms with E-state index in [4.69, 9.17) is 19.2 Å². The number of nitrogens with zero attached hydrogens (tertiary/aromatic N) is 3. The number of pyridine rings is 1. The summed E-state index contributed by atoms with van der Waals surface area (Å²) in [5.74, 6) is 2.81. The summed E-state index contributed by atoms with van der Waals surface area (Å²) < 4.78 is 18.5. The SMILES string of the molecule is COc1ccc(-c2cc(-c3cccc4c3OCO4)cc(NCCCn3ccnc3)n2)c(O)c1. The van der Waals surface area contributed by atoms with Gasteiger partial charge in [0.2, 0.25) is 6.79 Å². The predicted molar refractivity (Wildman–Crippen MR) is 125 cm³/mol. The minimum absolute atomic E-state index is 0.0999. The van der Waals surface area contributed by atoms with Crippen LogP contribution in [0.25, 0.3) is 22.4 Å². The van der Waals surface area contributed by atoms with Gasteiger partial charge in [-0.1, -0.05) is 12.1 Å². The highest BCUT2D eigenvalue weighted by Gasteiger charge is 2.20. The van der Waals surface area contributed by atoms with Crippen molar-refractivity contribution >= 4 is 5.82 Å². The third-order valence-corrected chi connectivity index (χ3v) is 5.47. The number of anilines is 1. The van der Waals surface area contributed by atoms with Gasteiger partial charge in [-0.15, -0.1) is 0 Å². The standard InChI is InChI=1S/C25H24N4O4/c1-31-18-6-7-20(22(30)14-18)21-12-17(19-4-2-5-23-25(19)33-16-32-23)13-24(28-21)27-8-3-10-29-11-9-26-15-29/h2,4-7,9,11-15,30H,3,8,10,16H2,1H3,(H,27,28). The number of hydrogen-bond donors (Lipinski definition) is 2. The Hall–Kier alpha value is -4.20. The molecule has 1 aliphatic rings. The molecule has 5 rings (SSSR count). The molecule has 0 saturated heterocycles. The van der Waals surface area contributed by atoms with E-state index in [9.17, 15) is 5.11 Å². The fourth-order valence-corrected chi connectivity index (χ4v) is 3.82. The van der Waals surface area contributed by atoms with Gasteiger partial charge in [0.1, 0.15) is 17.3 Å². The van der Waals surface area contributed by atoms with E-state index in [2.05, 4.69) is 10.3 Å². The van der Waals surface area contributed by atoms with Crippen molar-refractivity contribution in [3.8, 4) is 45.4 Å². The van der Waals surface area contributed by atoms with E-state index in [-0.39, 0.29) is 12.5 Å². The van der Waals surface area contributed by atoms with Gasteiger partial charge in [0.15, 0.2) is 11.5 Å². The number of nitrogens with one attached hydrogen (secondary N) is 1. The fraction of sp³-hybridized carbons (Fsp3) is 0.200. The Morgan fingerprint density at radius 2 is 2.06 bits per heavy atom. The lowest BCUT2D eigenvalue weighted by Crippen LogP contribution is -2.07. The lowest BCUT2D eigenvalue weighted by Gasteiger charge is -2.14. The molecule has 8 nitrogen and oxygen atoms in total. The van der Waals surface area contributed by atoms with Crippen LogP contribution in [0.3, 0.4) is 0 Å². The number of aromatic nitrogens is 3. The molecule has 8 heteroatoms. The second-order valence-electron chi connectivity index (χ2n) is 7.63. The smallest absolute Gasteiger partial charge is 0.231 e. The number of aromatic hydroxyl groups is 1. The molecular weight excluding hydrogens is 420 g/mol. The first-order valence-electron chi connectivity index (χ1n) is 10.7. The monoisotopic (exact) mass is 444 g/mol. The van der Waals surface area contributed by atoms with Crippen molar-refractivity contribution < 1.29 is 19.3 Å². The summed E-state index contributed by atoms with van der Waals surface area (Å²) in [7, 11) is 1.57. The van der Waals surface area contributed by atoms with Crippen molar-refractivity contribution in [3.05, 3.63) is 67.3 Å². The third kappa shape index (κ3) is 4.41. The molecule has 2 aromatic heterocycles. The lowest BCUT2D eigenvalue weighted by atomic mass is 10.0. The normalized spacial score (nSPS) is 12.0. The maximum absolute atomic E-state index is 10.6. The first-order valence-corrected chi connectivity index (χ1v) is 10.7. The average Bonchev–Trinajstić information content (AvgIpc) is 3.53. The van der Waals surface area contributed by atoms with E-state index >= 15 is 0 Å². The highest BCUT2D eigenvalue weighted by molar-refractivity contribution is 5.81. The number of rotatable bonds is 8. The second-order valence-corrected chi connectivity index (χ2v) is 7.63. The summed E-state index contributed by atoms with van der Waals surface area (Å²) in [6.45, 7) is 1.79. The van der Waals surface area contributed by atoms with Gasteiger partial charge in [-0.2, -0.15) is 0 Å². The molecule has 0 spiro atoms. The summed E-state index contributed by atoms with van der Waals surface area (Å²) in [6, 6.07) is 14.9. The molecule has 0 saturated carbocycles. The maximum atomic E-state index is 10.6. The molecule has 0 aliphatic carbocycles. The fourth-order valence-electron chi connectivity index (χ4n) is 3.82. The van der Waals surface area contributed by atoms with Crippen LogP contribution in [0.4, 0.5) is 5.82 Å². The van der Waals surface area contributed by atoms with Crippen LogP contribution in [0, 0.1) is 0 Å². The zero-order chi connectivity index (χ0) is 22.6. The molecule has 0 bridgehead atoms. The van der Waals surface area contributed by atoms with Crippen molar-refractivity contribution in [2.75, 3.05) is 25.8 Å². The van der Waals surface area contributed by atoms with E-state index in [1.54, 1.807) is 31.5 Å². The molecule has 0 radical (unpaired) electrons. The van der Waals surface area contributed by atoms with E-state index in [0.29, 0.717) is 34.3 Å². The number of para-hydroxylation sites is 1. The van der Waals surface area contributed by atoms with Gasteiger partial charge in [-0.25, -0.2) is 9.97 Å². The van der Waals surface area contributed by atoms with Gasteiger partial charge in [0, 0.05) is 42.7 Å². The van der Waals surface area contributed by atoms with Gasteiger partial charge >= 0.3 is 0 Å². The number of methoxy groups -OCH3 is 1. The van der Waals surface area contributed by atoms with Crippen LogP contribution in [0.5, 0.6) is 23.0 Å². The van der Waals surface area contributed by atoms with Crippen molar-refractivity contribution in [3.63, 3.8) is 0 Å². The van der Waals surface area contributed by atoms with Crippen LogP contribution >= 0.6 is 0 Å². The highest BCUT2D eigenvalue weighted by atomic mass is 16.7. The first kappa shape index (κ1) is 20.7. The minimum Gasteiger partial charge on any atom is -0.507 e. The maximum Gasteiger partial charge on any atom is 0.231 e. The topological polar surface area (TPSA) is 90.7 Å². The Bertz CT molecular complexity index is 1260. The summed E-state index contributed by atoms with van der Waals surface area (Å²) in [4.78, 5) is 8.84. The van der Waals surface area contributed by atoms with Crippen molar-refractivity contribution in [1.29, 1.82) is 0 Å². The third-order valence-electron chi connectivity index (χ3n) is 5.47. The summed E-state index contributed by atoms with van der Waals surface area (Å²) >= 11 is 0. The number of ether oxygens (including phenoxy) is 3. The number of phenolic OH excluding ortho intramolecular Hbond substituents is 1. The summed E-state index contributed by atoms with van der Waals surface area (Å²) in [5, 5.41) is 14.0. The average molecular weight is 444 g/mol. The van der Waals surface area contributed by atoms with Crippen LogP contribution in [0.1, 0.15) is 6.42 Å². The second kappa shape index (κ2) is 9.12. The zero-order valence-corrected chi connectivity index (χ0v) is 18.2. The Balaban J connectivity index is 1.48. The van der Waals surface area contributed by atoms with Gasteiger partial charge in [-0.3, -0.25) is 0 Å². The van der Waals surface area contributed by atoms with E-state index < -0.39 is 0 Å². The molecule has 33 heavy (non-hydrogen) atoms. The Kier molecular flexibility index (Phi) is 5.72. The van der Waals surface area contributed by atoms with Gasteiger partial charge in [0.05, 0.1) is 19.1 Å². The van der Waals surface area contributed by atoms with Crippen molar-refractivity contribution in [2.24, 2.45) is 0 Å². The lowest BCUT2D eigenvalue weighted by molar-refractivity contribution is 0.174. The van der Waals surface area contributed by atoms with Crippen LogP contribution in [-0.2, 0) is 6.54 Å². The zero-order valence-electron chi connectivity index (χ0n) is 18.2. The Morgan fingerprint density at radius 1 is 1.12 bits per heavy atom. The molecule has 0 amide bonds. The number of aryl methyl sites for hydroxylation is 1. The molecule has 1 aliphatic heterocycles. The quantitative estimate of drug-likeness (QED) is 0.385. The van der Waals surface area contributed by atoms with Crippen LogP contribution < -0.4 is 19.5 Å². The molecule has 4 aromatic rings. The molecule has 2 aromatic carbocycles. The largest absolute Gasteiger partial charge is 0.507 e. The molecular formula is C25H24N4O4. The molecule has 0 atom stereocenters. The van der Waals surface area contributed by atoms with Crippen LogP contribution in [0.2, 0.25) is 0 Å². The number of phenols is 1. The van der Waals surface area contributed by atoms with Gasteiger partial charge in [-0.05, 0) is 42.3 Å². The number of fused-ring (bicyclic) bond motifs is 1. The molecule has 0 fully saturated rings. The molecule has 2 N–H and O–H groups in total. The molecule has 0 unspecified atom stereocenters. The number of imidazole rings is 1. The summed E-state index contributed by atoms with van der Waals surface area (Å²) in [6.07, 6.45) is 6.43. The van der Waals surface area contributed by atoms with E-state index in [1.165, 1.54) is 0 Å². The Morgan fingerprint density at radius 3 is 2.88 bits per heavy atom. The number of hydrogen-bond acceptors (Lipinski definition) is 7. The van der Waals surface area contributed by atoms with Gasteiger partial charge in [0.25, 0.3) is 0 Å². The summed E-state index contributed by atoms with van der Waals surface area (Å²) in [5.41, 5.74) is 3.07. The van der Waals surface area contributed by atoms with Crippen molar-refractivity contribution in [1.82, 2.24) is 14.5 Å². The molecule has 168 valence electrons. The van der Waals surface area contributed by atoms with E-state index in [0.717, 1.165) is 30.6 Å². The first-order chi connectivity index (χ1) is 16.2. The van der Waals surface area contributed by atoms with Gasteiger partial charge < -0.3 is 29.2 Å². The Labute approximate surface area is 191 Å². The number of benzene rings is 2. The van der Waals surface area contributed by atoms with E-state index in [1.807, 2.05) is 47.4 Å².